The van der Waals surface area contributed by atoms with E-state index in [1.165, 1.54) is 24.3 Å². The summed E-state index contributed by atoms with van der Waals surface area (Å²) in [6.07, 6.45) is 1.45. The van der Waals surface area contributed by atoms with Crippen molar-refractivity contribution in [1.29, 1.82) is 0 Å². The summed E-state index contributed by atoms with van der Waals surface area (Å²) in [6.45, 7) is 2.51. The zero-order valence-corrected chi connectivity index (χ0v) is 12.5. The van der Waals surface area contributed by atoms with Crippen molar-refractivity contribution in [1.82, 2.24) is 4.90 Å². The van der Waals surface area contributed by atoms with Crippen molar-refractivity contribution >= 4 is 5.78 Å². The van der Waals surface area contributed by atoms with E-state index in [4.69, 9.17) is 9.47 Å². The summed E-state index contributed by atoms with van der Waals surface area (Å²) >= 11 is 0. The normalized spacial score (nSPS) is 22.6. The molecule has 0 aromatic heterocycles. The van der Waals surface area contributed by atoms with E-state index >= 15 is 0 Å². The predicted octanol–water partition coefficient (Wildman–Crippen LogP) is 2.13. The lowest BCUT2D eigenvalue weighted by Crippen LogP contribution is -2.27. The van der Waals surface area contributed by atoms with Crippen molar-refractivity contribution < 1.29 is 18.7 Å². The zero-order chi connectivity index (χ0) is 15.2. The zero-order valence-electron chi connectivity index (χ0n) is 12.5. The number of nitrogens with zero attached hydrogens (tertiary/aromatic N) is 1. The summed E-state index contributed by atoms with van der Waals surface area (Å²) in [5.74, 6) is -0.263. The fraction of sp³-hybridized carbons (Fsp3) is 0.562. The van der Waals surface area contributed by atoms with Gasteiger partial charge in [0.25, 0.3) is 0 Å². The van der Waals surface area contributed by atoms with Crippen LogP contribution in [0.25, 0.3) is 0 Å². The highest BCUT2D eigenvalue weighted by Gasteiger charge is 2.32. The summed E-state index contributed by atoms with van der Waals surface area (Å²) in [5, 5.41) is 0. The molecule has 0 spiro atoms. The lowest BCUT2D eigenvalue weighted by Gasteiger charge is -2.14. The van der Waals surface area contributed by atoms with Gasteiger partial charge < -0.3 is 9.47 Å². The third-order valence-electron chi connectivity index (χ3n) is 3.94. The maximum absolute atomic E-state index is 12.8. The molecule has 1 heterocycles. The van der Waals surface area contributed by atoms with Gasteiger partial charge in [0.1, 0.15) is 5.82 Å². The van der Waals surface area contributed by atoms with Crippen LogP contribution < -0.4 is 0 Å². The number of ketones is 1. The monoisotopic (exact) mass is 295 g/mol. The van der Waals surface area contributed by atoms with Crippen molar-refractivity contribution in [3.05, 3.63) is 35.6 Å². The highest BCUT2D eigenvalue weighted by atomic mass is 19.1. The number of likely N-dealkylation sites (tertiary alicyclic amines) is 1. The molecule has 2 atom stereocenters. The minimum absolute atomic E-state index is 0.0563. The van der Waals surface area contributed by atoms with E-state index in [9.17, 15) is 9.18 Å². The number of carbonyl (C=O) groups is 1. The molecular formula is C16H22FNO3. The Labute approximate surface area is 124 Å². The minimum Gasteiger partial charge on any atom is -0.377 e. The SMILES string of the molecule is COC1CN(CCCC(=O)c2ccc(F)cc2)CC1OC. The Hall–Kier alpha value is -1.30. The molecule has 1 fully saturated rings. The van der Waals surface area contributed by atoms with Crippen LogP contribution in [0.4, 0.5) is 4.39 Å². The number of Topliss-reactive ketones (excluding diaryl/α,β-unsaturated/α-hetero) is 1. The van der Waals surface area contributed by atoms with Crippen molar-refractivity contribution in [2.24, 2.45) is 0 Å². The molecule has 1 aromatic carbocycles. The van der Waals surface area contributed by atoms with E-state index in [-0.39, 0.29) is 23.8 Å². The van der Waals surface area contributed by atoms with Crippen molar-refractivity contribution in [2.45, 2.75) is 25.0 Å². The van der Waals surface area contributed by atoms with Crippen molar-refractivity contribution in [3.8, 4) is 0 Å². The van der Waals surface area contributed by atoms with Gasteiger partial charge in [-0.1, -0.05) is 0 Å². The van der Waals surface area contributed by atoms with Gasteiger partial charge in [0, 0.05) is 39.3 Å². The minimum atomic E-state index is -0.320. The average Bonchev–Trinajstić information content (AvgIpc) is 2.90. The number of hydrogen-bond acceptors (Lipinski definition) is 4. The number of methoxy groups -OCH3 is 2. The van der Waals surface area contributed by atoms with E-state index in [2.05, 4.69) is 4.90 Å². The molecule has 0 saturated carbocycles. The van der Waals surface area contributed by atoms with Crippen LogP contribution in [-0.2, 0) is 9.47 Å². The average molecular weight is 295 g/mol. The second-order valence-electron chi connectivity index (χ2n) is 5.34. The first kappa shape index (κ1) is 16.1. The molecule has 2 unspecified atom stereocenters. The number of halogens is 1. The third kappa shape index (κ3) is 4.33. The third-order valence-corrected chi connectivity index (χ3v) is 3.94. The standard InChI is InChI=1S/C16H22FNO3/c1-20-15-10-18(11-16(15)21-2)9-3-4-14(19)12-5-7-13(17)8-6-12/h5-8,15-16H,3-4,9-11H2,1-2H3. The lowest BCUT2D eigenvalue weighted by atomic mass is 10.1. The number of benzene rings is 1. The molecule has 1 aliphatic heterocycles. The van der Waals surface area contributed by atoms with Crippen LogP contribution in [0.2, 0.25) is 0 Å². The van der Waals surface area contributed by atoms with E-state index in [1.54, 1.807) is 14.2 Å². The molecule has 0 amide bonds. The Bertz CT molecular complexity index is 451. The van der Waals surface area contributed by atoms with Gasteiger partial charge in [0.15, 0.2) is 5.78 Å². The second kappa shape index (κ2) is 7.64. The number of ether oxygens (including phenoxy) is 2. The summed E-state index contributed by atoms with van der Waals surface area (Å²) in [7, 11) is 3.39. The summed E-state index contributed by atoms with van der Waals surface area (Å²) < 4.78 is 23.6. The molecular weight excluding hydrogens is 273 g/mol. The second-order valence-corrected chi connectivity index (χ2v) is 5.34. The Morgan fingerprint density at radius 2 is 1.76 bits per heavy atom. The fourth-order valence-corrected chi connectivity index (χ4v) is 2.70. The molecule has 1 aliphatic rings. The summed E-state index contributed by atoms with van der Waals surface area (Å²) in [5.41, 5.74) is 0.572. The van der Waals surface area contributed by atoms with Crippen LogP contribution in [0.5, 0.6) is 0 Å². The molecule has 0 N–H and O–H groups in total. The summed E-state index contributed by atoms with van der Waals surface area (Å²) in [6, 6.07) is 5.71. The number of hydrogen-bond donors (Lipinski definition) is 0. The molecule has 0 bridgehead atoms. The van der Waals surface area contributed by atoms with Gasteiger partial charge in [-0.3, -0.25) is 9.69 Å². The van der Waals surface area contributed by atoms with E-state index in [0.29, 0.717) is 12.0 Å². The largest absolute Gasteiger partial charge is 0.377 e. The van der Waals surface area contributed by atoms with Crippen molar-refractivity contribution in [2.75, 3.05) is 33.9 Å². The molecule has 1 saturated heterocycles. The number of carbonyl (C=O) groups excluding carboxylic acids is 1. The highest BCUT2D eigenvalue weighted by Crippen LogP contribution is 2.16. The molecule has 0 radical (unpaired) electrons. The molecule has 5 heteroatoms. The van der Waals surface area contributed by atoms with Crippen LogP contribution in [0.1, 0.15) is 23.2 Å². The van der Waals surface area contributed by atoms with Gasteiger partial charge >= 0.3 is 0 Å². The van der Waals surface area contributed by atoms with Crippen LogP contribution in [-0.4, -0.2) is 56.7 Å². The van der Waals surface area contributed by atoms with Gasteiger partial charge in [-0.15, -0.1) is 0 Å². The lowest BCUT2D eigenvalue weighted by molar-refractivity contribution is -0.00461. The highest BCUT2D eigenvalue weighted by molar-refractivity contribution is 5.95. The van der Waals surface area contributed by atoms with Crippen LogP contribution in [0, 0.1) is 5.82 Å². The number of rotatable bonds is 7. The molecule has 21 heavy (non-hydrogen) atoms. The van der Waals surface area contributed by atoms with Gasteiger partial charge in [-0.25, -0.2) is 4.39 Å². The molecule has 4 nitrogen and oxygen atoms in total. The maximum Gasteiger partial charge on any atom is 0.162 e. The summed E-state index contributed by atoms with van der Waals surface area (Å²) in [4.78, 5) is 14.2. The molecule has 0 aliphatic carbocycles. The van der Waals surface area contributed by atoms with Crippen LogP contribution >= 0.6 is 0 Å². The molecule has 116 valence electrons. The Balaban J connectivity index is 1.74. The first-order valence-corrected chi connectivity index (χ1v) is 7.20. The Kier molecular flexibility index (Phi) is 5.85. The molecule has 1 aromatic rings. The van der Waals surface area contributed by atoms with Gasteiger partial charge in [0.05, 0.1) is 12.2 Å². The predicted molar refractivity (Wildman–Crippen MR) is 78.0 cm³/mol. The van der Waals surface area contributed by atoms with E-state index < -0.39 is 0 Å². The van der Waals surface area contributed by atoms with Gasteiger partial charge in [0.2, 0.25) is 0 Å². The molecule has 2 rings (SSSR count). The maximum atomic E-state index is 12.8. The van der Waals surface area contributed by atoms with E-state index in [0.717, 1.165) is 26.1 Å². The quantitative estimate of drug-likeness (QED) is 0.722. The Morgan fingerprint density at radius 3 is 2.29 bits per heavy atom. The Morgan fingerprint density at radius 1 is 1.19 bits per heavy atom. The van der Waals surface area contributed by atoms with Gasteiger partial charge in [-0.05, 0) is 37.2 Å². The van der Waals surface area contributed by atoms with Crippen molar-refractivity contribution in [3.63, 3.8) is 0 Å². The first-order valence-electron chi connectivity index (χ1n) is 7.20. The fourth-order valence-electron chi connectivity index (χ4n) is 2.70. The topological polar surface area (TPSA) is 38.8 Å². The van der Waals surface area contributed by atoms with Gasteiger partial charge in [-0.2, -0.15) is 0 Å². The van der Waals surface area contributed by atoms with Crippen LogP contribution in [0.15, 0.2) is 24.3 Å². The van der Waals surface area contributed by atoms with Crippen LogP contribution in [0.3, 0.4) is 0 Å². The smallest absolute Gasteiger partial charge is 0.162 e. The van der Waals surface area contributed by atoms with E-state index in [1.807, 2.05) is 0 Å². The first-order chi connectivity index (χ1) is 10.1.